The molecule has 2 unspecified atom stereocenters. The Balaban J connectivity index is 1.91. The van der Waals surface area contributed by atoms with Gasteiger partial charge < -0.3 is 15.1 Å². The highest BCUT2D eigenvalue weighted by Gasteiger charge is 2.39. The number of carboxylic acid groups (broad SMARTS) is 2. The average molecular weight is 298 g/mol. The van der Waals surface area contributed by atoms with Crippen LogP contribution in [0.4, 0.5) is 0 Å². The Morgan fingerprint density at radius 2 is 1.57 bits per heavy atom. The van der Waals surface area contributed by atoms with Crippen molar-refractivity contribution >= 4 is 23.8 Å². The quantitative estimate of drug-likeness (QED) is 0.641. The second kappa shape index (κ2) is 6.21. The van der Waals surface area contributed by atoms with Gasteiger partial charge in [-0.05, 0) is 13.0 Å². The molecule has 2 saturated heterocycles. The highest BCUT2D eigenvalue weighted by Crippen LogP contribution is 2.24. The topological polar surface area (TPSA) is 115 Å². The number of nitrogens with zero attached hydrogens (tertiary/aromatic N) is 2. The SMILES string of the molecule is O=C(O)C1CCN(CCN2C(=O)CCC2=O)CC1C(=O)O. The Kier molecular flexibility index (Phi) is 4.56. The van der Waals surface area contributed by atoms with E-state index in [-0.39, 0.29) is 44.2 Å². The second-order valence-electron chi connectivity index (χ2n) is 5.42. The zero-order valence-electron chi connectivity index (χ0n) is 11.5. The van der Waals surface area contributed by atoms with Crippen molar-refractivity contribution in [2.24, 2.45) is 11.8 Å². The summed E-state index contributed by atoms with van der Waals surface area (Å²) in [5.74, 6) is -4.45. The summed E-state index contributed by atoms with van der Waals surface area (Å²) in [5, 5.41) is 18.2. The summed E-state index contributed by atoms with van der Waals surface area (Å²) in [5.41, 5.74) is 0. The van der Waals surface area contributed by atoms with Crippen LogP contribution in [0.2, 0.25) is 0 Å². The van der Waals surface area contributed by atoms with Crippen molar-refractivity contribution in [3.63, 3.8) is 0 Å². The molecule has 0 saturated carbocycles. The minimum absolute atomic E-state index is 0.128. The van der Waals surface area contributed by atoms with Crippen LogP contribution in [0.3, 0.4) is 0 Å². The zero-order valence-corrected chi connectivity index (χ0v) is 11.5. The van der Waals surface area contributed by atoms with E-state index in [1.54, 1.807) is 4.90 Å². The van der Waals surface area contributed by atoms with Gasteiger partial charge in [0.25, 0.3) is 0 Å². The highest BCUT2D eigenvalue weighted by molar-refractivity contribution is 6.01. The third-order valence-corrected chi connectivity index (χ3v) is 4.13. The number of hydrogen-bond donors (Lipinski definition) is 2. The molecule has 0 aromatic rings. The number of likely N-dealkylation sites (tertiary alicyclic amines) is 2. The van der Waals surface area contributed by atoms with Crippen molar-refractivity contribution in [3.05, 3.63) is 0 Å². The summed E-state index contributed by atoms with van der Waals surface area (Å²) in [6, 6.07) is 0. The number of carbonyl (C=O) groups is 4. The number of aliphatic carboxylic acids is 2. The molecule has 2 aliphatic rings. The zero-order chi connectivity index (χ0) is 15.6. The van der Waals surface area contributed by atoms with E-state index >= 15 is 0 Å². The van der Waals surface area contributed by atoms with Crippen LogP contribution in [-0.4, -0.2) is 69.9 Å². The number of imide groups is 1. The van der Waals surface area contributed by atoms with E-state index in [2.05, 4.69) is 0 Å². The molecule has 116 valence electrons. The Bertz CT molecular complexity index is 461. The minimum atomic E-state index is -1.12. The lowest BCUT2D eigenvalue weighted by atomic mass is 9.85. The Morgan fingerprint density at radius 1 is 1.00 bits per heavy atom. The van der Waals surface area contributed by atoms with Crippen LogP contribution >= 0.6 is 0 Å². The average Bonchev–Trinajstić information content (AvgIpc) is 2.75. The predicted molar refractivity (Wildman–Crippen MR) is 69.3 cm³/mol. The molecular formula is C13H18N2O6. The molecule has 0 aromatic carbocycles. The van der Waals surface area contributed by atoms with Gasteiger partial charge in [-0.25, -0.2) is 0 Å². The van der Waals surface area contributed by atoms with Crippen molar-refractivity contribution in [3.8, 4) is 0 Å². The molecule has 2 aliphatic heterocycles. The third-order valence-electron chi connectivity index (χ3n) is 4.13. The van der Waals surface area contributed by atoms with Crippen molar-refractivity contribution in [1.82, 2.24) is 9.80 Å². The van der Waals surface area contributed by atoms with E-state index in [4.69, 9.17) is 10.2 Å². The lowest BCUT2D eigenvalue weighted by Crippen LogP contribution is -2.48. The standard InChI is InChI=1S/C13H18N2O6/c16-10-1-2-11(17)15(10)6-5-14-4-3-8(12(18)19)9(7-14)13(20)21/h8-9H,1-7H2,(H,18,19)(H,20,21). The fourth-order valence-corrected chi connectivity index (χ4v) is 2.88. The molecule has 2 amide bonds. The maximum atomic E-state index is 11.5. The Labute approximate surface area is 121 Å². The molecule has 0 spiro atoms. The fraction of sp³-hybridized carbons (Fsp3) is 0.692. The summed E-state index contributed by atoms with van der Waals surface area (Å²) < 4.78 is 0. The van der Waals surface area contributed by atoms with Gasteiger partial charge in [-0.15, -0.1) is 0 Å². The van der Waals surface area contributed by atoms with Gasteiger partial charge in [0.15, 0.2) is 0 Å². The number of carboxylic acids is 2. The van der Waals surface area contributed by atoms with E-state index in [1.807, 2.05) is 0 Å². The van der Waals surface area contributed by atoms with Gasteiger partial charge in [-0.1, -0.05) is 0 Å². The number of carbonyl (C=O) groups excluding carboxylic acids is 2. The Morgan fingerprint density at radius 3 is 2.10 bits per heavy atom. The molecule has 0 radical (unpaired) electrons. The van der Waals surface area contributed by atoms with E-state index in [1.165, 1.54) is 4.90 Å². The van der Waals surface area contributed by atoms with Gasteiger partial charge in [-0.3, -0.25) is 24.1 Å². The second-order valence-corrected chi connectivity index (χ2v) is 5.42. The van der Waals surface area contributed by atoms with E-state index in [0.29, 0.717) is 13.1 Å². The van der Waals surface area contributed by atoms with Crippen molar-refractivity contribution < 1.29 is 29.4 Å². The van der Waals surface area contributed by atoms with Crippen LogP contribution in [0.25, 0.3) is 0 Å². The van der Waals surface area contributed by atoms with Crippen LogP contribution in [-0.2, 0) is 19.2 Å². The largest absolute Gasteiger partial charge is 0.481 e. The molecular weight excluding hydrogens is 280 g/mol. The monoisotopic (exact) mass is 298 g/mol. The molecule has 2 rings (SSSR count). The van der Waals surface area contributed by atoms with Crippen LogP contribution < -0.4 is 0 Å². The van der Waals surface area contributed by atoms with Crippen molar-refractivity contribution in [1.29, 1.82) is 0 Å². The predicted octanol–water partition coefficient (Wildman–Crippen LogP) is -0.757. The molecule has 2 fully saturated rings. The first-order valence-electron chi connectivity index (χ1n) is 6.91. The number of piperidine rings is 1. The first-order chi connectivity index (χ1) is 9.90. The molecule has 2 heterocycles. The fourth-order valence-electron chi connectivity index (χ4n) is 2.88. The lowest BCUT2D eigenvalue weighted by molar-refractivity contribution is -0.157. The summed E-state index contributed by atoms with van der Waals surface area (Å²) in [7, 11) is 0. The molecule has 21 heavy (non-hydrogen) atoms. The van der Waals surface area contributed by atoms with E-state index < -0.39 is 23.8 Å². The molecule has 0 bridgehead atoms. The normalized spacial score (nSPS) is 27.1. The van der Waals surface area contributed by atoms with Gasteiger partial charge in [0, 0.05) is 32.5 Å². The molecule has 8 heteroatoms. The molecule has 2 atom stereocenters. The van der Waals surface area contributed by atoms with Gasteiger partial charge >= 0.3 is 11.9 Å². The Hall–Kier alpha value is -1.96. The highest BCUT2D eigenvalue weighted by atomic mass is 16.4. The van der Waals surface area contributed by atoms with E-state index in [0.717, 1.165) is 0 Å². The molecule has 0 aliphatic carbocycles. The first-order valence-corrected chi connectivity index (χ1v) is 6.91. The minimum Gasteiger partial charge on any atom is -0.481 e. The molecule has 8 nitrogen and oxygen atoms in total. The van der Waals surface area contributed by atoms with Crippen molar-refractivity contribution in [2.75, 3.05) is 26.2 Å². The van der Waals surface area contributed by atoms with Crippen LogP contribution in [0, 0.1) is 11.8 Å². The van der Waals surface area contributed by atoms with Crippen LogP contribution in [0.15, 0.2) is 0 Å². The molecule has 0 aromatic heterocycles. The maximum absolute atomic E-state index is 11.5. The van der Waals surface area contributed by atoms with Crippen LogP contribution in [0.1, 0.15) is 19.3 Å². The van der Waals surface area contributed by atoms with Gasteiger partial charge in [0.05, 0.1) is 11.8 Å². The number of amides is 2. The third kappa shape index (κ3) is 3.38. The van der Waals surface area contributed by atoms with Gasteiger partial charge in [-0.2, -0.15) is 0 Å². The number of rotatable bonds is 5. The lowest BCUT2D eigenvalue weighted by Gasteiger charge is -2.35. The summed E-state index contributed by atoms with van der Waals surface area (Å²) >= 11 is 0. The maximum Gasteiger partial charge on any atom is 0.308 e. The summed E-state index contributed by atoms with van der Waals surface area (Å²) in [6.07, 6.45) is 0.726. The number of hydrogen-bond acceptors (Lipinski definition) is 5. The van der Waals surface area contributed by atoms with Gasteiger partial charge in [0.2, 0.25) is 11.8 Å². The smallest absolute Gasteiger partial charge is 0.308 e. The molecule has 2 N–H and O–H groups in total. The van der Waals surface area contributed by atoms with Gasteiger partial charge in [0.1, 0.15) is 0 Å². The first kappa shape index (κ1) is 15.4. The summed E-state index contributed by atoms with van der Waals surface area (Å²) in [6.45, 7) is 1.20. The summed E-state index contributed by atoms with van der Waals surface area (Å²) in [4.78, 5) is 48.2. The van der Waals surface area contributed by atoms with E-state index in [9.17, 15) is 19.2 Å². The van der Waals surface area contributed by atoms with Crippen molar-refractivity contribution in [2.45, 2.75) is 19.3 Å². The van der Waals surface area contributed by atoms with Crippen LogP contribution in [0.5, 0.6) is 0 Å².